The Labute approximate surface area is 167 Å². The zero-order valence-electron chi connectivity index (χ0n) is 15.7. The van der Waals surface area contributed by atoms with E-state index in [4.69, 9.17) is 4.42 Å². The molecule has 0 bridgehead atoms. The maximum atomic E-state index is 12.3. The number of aryl methyl sites for hydroxylation is 1. The highest BCUT2D eigenvalue weighted by molar-refractivity contribution is 6.01. The van der Waals surface area contributed by atoms with E-state index >= 15 is 0 Å². The minimum absolute atomic E-state index is 0.0853. The van der Waals surface area contributed by atoms with Crippen molar-refractivity contribution in [3.05, 3.63) is 88.7 Å². The van der Waals surface area contributed by atoms with Crippen LogP contribution < -0.4 is 5.32 Å². The molecule has 0 saturated carbocycles. The number of nitrogens with one attached hydrogen (secondary N) is 1. The summed E-state index contributed by atoms with van der Waals surface area (Å²) in [6, 6.07) is 19.3. The number of carbonyl (C=O) groups is 2. The second kappa shape index (κ2) is 8.72. The molecule has 144 valence electrons. The first-order chi connectivity index (χ1) is 14.0. The quantitative estimate of drug-likeness (QED) is 0.489. The van der Waals surface area contributed by atoms with Gasteiger partial charge in [0.05, 0.1) is 5.56 Å². The summed E-state index contributed by atoms with van der Waals surface area (Å²) in [5.41, 5.74) is 2.47. The monoisotopic (exact) mass is 386 g/mol. The van der Waals surface area contributed by atoms with E-state index in [1.165, 1.54) is 18.2 Å². The fraction of sp³-hybridized carbons (Fsp3) is 0.0870. The summed E-state index contributed by atoms with van der Waals surface area (Å²) in [7, 11) is 0. The summed E-state index contributed by atoms with van der Waals surface area (Å²) in [6.45, 7) is 2.15. The van der Waals surface area contributed by atoms with E-state index < -0.39 is 11.9 Å². The molecule has 0 atom stereocenters. The molecule has 0 aliphatic rings. The van der Waals surface area contributed by atoms with Crippen molar-refractivity contribution in [1.82, 2.24) is 5.32 Å². The molecule has 0 fully saturated rings. The molecule has 0 radical (unpaired) electrons. The third kappa shape index (κ3) is 4.79. The third-order valence-corrected chi connectivity index (χ3v) is 4.32. The van der Waals surface area contributed by atoms with Crippen molar-refractivity contribution in [3.63, 3.8) is 0 Å². The van der Waals surface area contributed by atoms with Gasteiger partial charge < -0.3 is 14.8 Å². The molecule has 1 amide bonds. The van der Waals surface area contributed by atoms with Gasteiger partial charge in [0, 0.05) is 18.2 Å². The number of furan rings is 1. The van der Waals surface area contributed by atoms with Gasteiger partial charge in [-0.3, -0.25) is 4.79 Å². The van der Waals surface area contributed by atoms with E-state index in [9.17, 15) is 20.0 Å². The highest BCUT2D eigenvalue weighted by Gasteiger charge is 2.13. The van der Waals surface area contributed by atoms with E-state index in [2.05, 4.69) is 5.32 Å². The van der Waals surface area contributed by atoms with Gasteiger partial charge in [-0.15, -0.1) is 0 Å². The first-order valence-electron chi connectivity index (χ1n) is 8.86. The number of amides is 1. The van der Waals surface area contributed by atoms with Crippen molar-refractivity contribution >= 4 is 18.0 Å². The molecule has 29 heavy (non-hydrogen) atoms. The third-order valence-electron chi connectivity index (χ3n) is 4.32. The van der Waals surface area contributed by atoms with Gasteiger partial charge in [0.2, 0.25) is 0 Å². The van der Waals surface area contributed by atoms with Gasteiger partial charge in [0.1, 0.15) is 23.2 Å². The lowest BCUT2D eigenvalue weighted by Gasteiger charge is -2.05. The van der Waals surface area contributed by atoms with Crippen LogP contribution in [0.1, 0.15) is 27.2 Å². The minimum atomic E-state index is -1.03. The number of carboxylic acids is 1. The second-order valence-corrected chi connectivity index (χ2v) is 6.37. The van der Waals surface area contributed by atoms with Crippen molar-refractivity contribution in [2.24, 2.45) is 0 Å². The second-order valence-electron chi connectivity index (χ2n) is 6.37. The van der Waals surface area contributed by atoms with Crippen LogP contribution in [0.3, 0.4) is 0 Å². The highest BCUT2D eigenvalue weighted by atomic mass is 16.4. The molecule has 0 spiro atoms. The van der Waals surface area contributed by atoms with Crippen LogP contribution in [-0.2, 0) is 11.3 Å². The standard InChI is InChI=1S/C23H18N2O4/c1-15-7-8-17(23(27)28)12-20(15)21-10-9-19(29-21)11-18(13-24)22(26)25-14-16-5-3-2-4-6-16/h2-12H,14H2,1H3,(H,25,26)(H,27,28)/b18-11-. The molecule has 0 aliphatic carbocycles. The molecule has 3 rings (SSSR count). The number of nitriles is 1. The minimum Gasteiger partial charge on any atom is -0.478 e. The lowest BCUT2D eigenvalue weighted by Crippen LogP contribution is -2.23. The molecule has 3 aromatic rings. The number of rotatable bonds is 6. The first kappa shape index (κ1) is 19.6. The number of hydrogen-bond donors (Lipinski definition) is 2. The van der Waals surface area contributed by atoms with E-state index in [0.717, 1.165) is 11.1 Å². The van der Waals surface area contributed by atoms with Crippen molar-refractivity contribution in [3.8, 4) is 17.4 Å². The molecule has 6 heteroatoms. The largest absolute Gasteiger partial charge is 0.478 e. The smallest absolute Gasteiger partial charge is 0.335 e. The summed E-state index contributed by atoms with van der Waals surface area (Å²) in [5, 5.41) is 21.2. The summed E-state index contributed by atoms with van der Waals surface area (Å²) in [6.07, 6.45) is 1.36. The average Bonchev–Trinajstić information content (AvgIpc) is 3.19. The molecule has 2 N–H and O–H groups in total. The Kier molecular flexibility index (Phi) is 5.91. The van der Waals surface area contributed by atoms with Crippen molar-refractivity contribution in [1.29, 1.82) is 5.26 Å². The van der Waals surface area contributed by atoms with Crippen LogP contribution in [0.2, 0.25) is 0 Å². The Bertz CT molecular complexity index is 1120. The molecular weight excluding hydrogens is 368 g/mol. The van der Waals surface area contributed by atoms with Crippen LogP contribution >= 0.6 is 0 Å². The van der Waals surface area contributed by atoms with Gasteiger partial charge in [-0.05, 0) is 42.3 Å². The zero-order chi connectivity index (χ0) is 20.8. The number of aromatic carboxylic acids is 1. The maximum Gasteiger partial charge on any atom is 0.335 e. The van der Waals surface area contributed by atoms with Crippen molar-refractivity contribution in [2.75, 3.05) is 0 Å². The fourth-order valence-corrected chi connectivity index (χ4v) is 2.76. The Morgan fingerprint density at radius 2 is 1.90 bits per heavy atom. The lowest BCUT2D eigenvalue weighted by atomic mass is 10.0. The SMILES string of the molecule is Cc1ccc(C(=O)O)cc1-c1ccc(/C=C(/C#N)C(=O)NCc2ccccc2)o1. The molecule has 0 aliphatic heterocycles. The number of benzene rings is 2. The zero-order valence-corrected chi connectivity index (χ0v) is 15.7. The summed E-state index contributed by atoms with van der Waals surface area (Å²) < 4.78 is 5.73. The van der Waals surface area contributed by atoms with Gasteiger partial charge in [-0.25, -0.2) is 4.79 Å². The lowest BCUT2D eigenvalue weighted by molar-refractivity contribution is -0.117. The van der Waals surface area contributed by atoms with E-state index in [1.54, 1.807) is 18.2 Å². The molecule has 0 saturated heterocycles. The van der Waals surface area contributed by atoms with Crippen LogP contribution in [0.4, 0.5) is 0 Å². The average molecular weight is 386 g/mol. The van der Waals surface area contributed by atoms with E-state index in [-0.39, 0.29) is 11.1 Å². The number of carboxylic acid groups (broad SMARTS) is 1. The van der Waals surface area contributed by atoms with E-state index in [1.807, 2.05) is 43.3 Å². The Balaban J connectivity index is 1.79. The predicted molar refractivity (Wildman–Crippen MR) is 108 cm³/mol. The van der Waals surface area contributed by atoms with Crippen LogP contribution in [0.15, 0.2) is 70.7 Å². The Hall–Kier alpha value is -4.11. The van der Waals surface area contributed by atoms with Crippen LogP contribution in [0, 0.1) is 18.3 Å². The van der Waals surface area contributed by atoms with Crippen molar-refractivity contribution in [2.45, 2.75) is 13.5 Å². The topological polar surface area (TPSA) is 103 Å². The van der Waals surface area contributed by atoms with Crippen LogP contribution in [-0.4, -0.2) is 17.0 Å². The van der Waals surface area contributed by atoms with Crippen LogP contribution in [0.5, 0.6) is 0 Å². The van der Waals surface area contributed by atoms with Crippen LogP contribution in [0.25, 0.3) is 17.4 Å². The number of nitrogens with zero attached hydrogens (tertiary/aromatic N) is 1. The summed E-state index contributed by atoms with van der Waals surface area (Å²) in [4.78, 5) is 23.5. The first-order valence-corrected chi connectivity index (χ1v) is 8.86. The molecule has 1 aromatic heterocycles. The highest BCUT2D eigenvalue weighted by Crippen LogP contribution is 2.27. The number of carbonyl (C=O) groups excluding carboxylic acids is 1. The fourth-order valence-electron chi connectivity index (χ4n) is 2.76. The van der Waals surface area contributed by atoms with Gasteiger partial charge >= 0.3 is 5.97 Å². The molecule has 0 unspecified atom stereocenters. The number of hydrogen-bond acceptors (Lipinski definition) is 4. The van der Waals surface area contributed by atoms with Crippen molar-refractivity contribution < 1.29 is 19.1 Å². The van der Waals surface area contributed by atoms with Gasteiger partial charge in [0.15, 0.2) is 0 Å². The van der Waals surface area contributed by atoms with Gasteiger partial charge in [0.25, 0.3) is 5.91 Å². The Morgan fingerprint density at radius 3 is 2.59 bits per heavy atom. The molecule has 2 aromatic carbocycles. The Morgan fingerprint density at radius 1 is 1.14 bits per heavy atom. The van der Waals surface area contributed by atoms with E-state index in [0.29, 0.717) is 23.6 Å². The van der Waals surface area contributed by atoms with Gasteiger partial charge in [-0.2, -0.15) is 5.26 Å². The normalized spacial score (nSPS) is 11.0. The molecule has 1 heterocycles. The molecule has 6 nitrogen and oxygen atoms in total. The summed E-state index contributed by atoms with van der Waals surface area (Å²) >= 11 is 0. The maximum absolute atomic E-state index is 12.3. The molecular formula is C23H18N2O4. The van der Waals surface area contributed by atoms with Gasteiger partial charge in [-0.1, -0.05) is 36.4 Å². The summed E-state index contributed by atoms with van der Waals surface area (Å²) in [5.74, 6) is -0.747. The predicted octanol–water partition coefficient (Wildman–Crippen LogP) is 4.18.